The van der Waals surface area contributed by atoms with Crippen LogP contribution in [0.3, 0.4) is 0 Å². The van der Waals surface area contributed by atoms with Gasteiger partial charge in [-0.3, -0.25) is 4.79 Å². The molecule has 4 N–H and O–H groups in total. The maximum absolute atomic E-state index is 11.4. The Bertz CT molecular complexity index is 622. The average Bonchev–Trinajstić information content (AvgIpc) is 2.93. The predicted octanol–water partition coefficient (Wildman–Crippen LogP) is 2.87. The fourth-order valence-corrected chi connectivity index (χ4v) is 3.08. The number of carbonyl (C=O) groups is 1. The summed E-state index contributed by atoms with van der Waals surface area (Å²) in [6.45, 7) is 0.827. The molecule has 2 heterocycles. The van der Waals surface area contributed by atoms with Gasteiger partial charge < -0.3 is 16.4 Å². The molecule has 0 aliphatic carbocycles. The zero-order valence-electron chi connectivity index (χ0n) is 11.1. The zero-order chi connectivity index (χ0) is 13.9. The number of aryl methyl sites for hydroxylation is 1. The number of carbonyl (C=O) groups excluding carboxylic acids is 1. The van der Waals surface area contributed by atoms with E-state index < -0.39 is 0 Å². The van der Waals surface area contributed by atoms with Gasteiger partial charge in [0.05, 0.1) is 11.4 Å². The lowest BCUT2D eigenvalue weighted by molar-refractivity contribution is -0.116. The summed E-state index contributed by atoms with van der Waals surface area (Å²) in [5.41, 5.74) is 11.0. The highest BCUT2D eigenvalue weighted by Crippen LogP contribution is 2.31. The van der Waals surface area contributed by atoms with Crippen molar-refractivity contribution >= 4 is 34.3 Å². The number of nitrogens with one attached hydrogen (secondary N) is 2. The molecule has 3 rings (SSSR count). The van der Waals surface area contributed by atoms with Crippen LogP contribution in [0, 0.1) is 0 Å². The Kier molecular flexibility index (Phi) is 3.60. The smallest absolute Gasteiger partial charge is 0.224 e. The SMILES string of the molecule is Nc1cc2c(cc1NCCc1ccsc1)NC(=O)CC2. The maximum atomic E-state index is 11.4. The summed E-state index contributed by atoms with van der Waals surface area (Å²) in [5.74, 6) is 0.0755. The summed E-state index contributed by atoms with van der Waals surface area (Å²) in [7, 11) is 0. The van der Waals surface area contributed by atoms with Gasteiger partial charge in [-0.2, -0.15) is 11.3 Å². The van der Waals surface area contributed by atoms with Crippen molar-refractivity contribution in [3.05, 3.63) is 40.1 Å². The van der Waals surface area contributed by atoms with Gasteiger partial charge >= 0.3 is 0 Å². The van der Waals surface area contributed by atoms with Gasteiger partial charge in [-0.05, 0) is 52.9 Å². The van der Waals surface area contributed by atoms with Crippen molar-refractivity contribution in [2.45, 2.75) is 19.3 Å². The van der Waals surface area contributed by atoms with Crippen LogP contribution < -0.4 is 16.4 Å². The Morgan fingerprint density at radius 1 is 1.35 bits per heavy atom. The van der Waals surface area contributed by atoms with Crippen molar-refractivity contribution in [1.29, 1.82) is 0 Å². The first kappa shape index (κ1) is 13.0. The van der Waals surface area contributed by atoms with Crippen molar-refractivity contribution in [1.82, 2.24) is 0 Å². The second-order valence-corrected chi connectivity index (χ2v) is 5.73. The third-order valence-corrected chi connectivity index (χ3v) is 4.21. The first-order valence-electron chi connectivity index (χ1n) is 6.69. The van der Waals surface area contributed by atoms with Crippen LogP contribution in [0.15, 0.2) is 29.0 Å². The molecule has 4 nitrogen and oxygen atoms in total. The molecular formula is C15H17N3OS. The lowest BCUT2D eigenvalue weighted by Crippen LogP contribution is -2.19. The molecule has 104 valence electrons. The summed E-state index contributed by atoms with van der Waals surface area (Å²) < 4.78 is 0. The molecule has 2 aromatic rings. The van der Waals surface area contributed by atoms with E-state index in [9.17, 15) is 4.79 Å². The van der Waals surface area contributed by atoms with Crippen LogP contribution in [0.4, 0.5) is 17.1 Å². The summed E-state index contributed by atoms with van der Waals surface area (Å²) >= 11 is 1.71. The minimum absolute atomic E-state index is 0.0755. The number of fused-ring (bicyclic) bond motifs is 1. The van der Waals surface area contributed by atoms with E-state index in [4.69, 9.17) is 5.73 Å². The Labute approximate surface area is 122 Å². The summed E-state index contributed by atoms with van der Waals surface area (Å²) in [4.78, 5) is 11.4. The van der Waals surface area contributed by atoms with Crippen molar-refractivity contribution in [3.63, 3.8) is 0 Å². The molecule has 0 radical (unpaired) electrons. The Hall–Kier alpha value is -2.01. The first-order valence-corrected chi connectivity index (χ1v) is 7.64. The molecule has 0 saturated carbocycles. The average molecular weight is 287 g/mol. The molecule has 5 heteroatoms. The molecule has 0 bridgehead atoms. The van der Waals surface area contributed by atoms with Gasteiger partial charge in [0.25, 0.3) is 0 Å². The van der Waals surface area contributed by atoms with E-state index in [0.717, 1.165) is 42.0 Å². The van der Waals surface area contributed by atoms with E-state index in [1.807, 2.05) is 12.1 Å². The topological polar surface area (TPSA) is 67.2 Å². The second-order valence-electron chi connectivity index (χ2n) is 4.95. The highest BCUT2D eigenvalue weighted by atomic mass is 32.1. The van der Waals surface area contributed by atoms with Gasteiger partial charge in [-0.15, -0.1) is 0 Å². The van der Waals surface area contributed by atoms with E-state index in [1.165, 1.54) is 5.56 Å². The number of benzene rings is 1. The van der Waals surface area contributed by atoms with Crippen molar-refractivity contribution in [2.75, 3.05) is 22.9 Å². The molecule has 0 spiro atoms. The molecule has 1 amide bonds. The van der Waals surface area contributed by atoms with Gasteiger partial charge in [0, 0.05) is 18.7 Å². The Morgan fingerprint density at radius 3 is 3.05 bits per heavy atom. The van der Waals surface area contributed by atoms with Gasteiger partial charge in [0.2, 0.25) is 5.91 Å². The van der Waals surface area contributed by atoms with Crippen LogP contribution in [0.2, 0.25) is 0 Å². The predicted molar refractivity (Wildman–Crippen MR) is 84.3 cm³/mol. The number of hydrogen-bond acceptors (Lipinski definition) is 4. The second kappa shape index (κ2) is 5.54. The number of hydrogen-bond donors (Lipinski definition) is 3. The number of nitrogens with two attached hydrogens (primary N) is 1. The van der Waals surface area contributed by atoms with E-state index in [1.54, 1.807) is 11.3 Å². The van der Waals surface area contributed by atoms with E-state index in [2.05, 4.69) is 27.5 Å². The molecule has 0 fully saturated rings. The van der Waals surface area contributed by atoms with Crippen LogP contribution in [0.1, 0.15) is 17.5 Å². The van der Waals surface area contributed by atoms with Gasteiger partial charge in [0.15, 0.2) is 0 Å². The highest BCUT2D eigenvalue weighted by Gasteiger charge is 2.16. The van der Waals surface area contributed by atoms with Crippen molar-refractivity contribution in [3.8, 4) is 0 Å². The van der Waals surface area contributed by atoms with E-state index >= 15 is 0 Å². The van der Waals surface area contributed by atoms with Crippen LogP contribution in [-0.4, -0.2) is 12.5 Å². The molecule has 1 aliphatic heterocycles. The fourth-order valence-electron chi connectivity index (χ4n) is 2.38. The van der Waals surface area contributed by atoms with Crippen LogP contribution >= 0.6 is 11.3 Å². The third kappa shape index (κ3) is 2.77. The molecule has 0 unspecified atom stereocenters. The fraction of sp³-hybridized carbons (Fsp3) is 0.267. The van der Waals surface area contributed by atoms with Gasteiger partial charge in [0.1, 0.15) is 0 Å². The van der Waals surface area contributed by atoms with E-state index in [0.29, 0.717) is 6.42 Å². The third-order valence-electron chi connectivity index (χ3n) is 3.48. The van der Waals surface area contributed by atoms with Crippen LogP contribution in [0.25, 0.3) is 0 Å². The quantitative estimate of drug-likeness (QED) is 0.757. The molecule has 0 atom stereocenters. The first-order chi connectivity index (χ1) is 9.72. The standard InChI is InChI=1S/C15H17N3OS/c16-12-7-11-1-2-15(19)18-13(11)8-14(12)17-5-3-10-4-6-20-9-10/h4,6-9,17H,1-3,5,16H2,(H,18,19). The summed E-state index contributed by atoms with van der Waals surface area (Å²) in [6, 6.07) is 6.03. The molecule has 0 saturated heterocycles. The Morgan fingerprint density at radius 2 is 2.25 bits per heavy atom. The molecule has 1 aliphatic rings. The van der Waals surface area contributed by atoms with Gasteiger partial charge in [-0.25, -0.2) is 0 Å². The van der Waals surface area contributed by atoms with E-state index in [-0.39, 0.29) is 5.91 Å². The number of rotatable bonds is 4. The van der Waals surface area contributed by atoms with Crippen molar-refractivity contribution in [2.24, 2.45) is 0 Å². The summed E-state index contributed by atoms with van der Waals surface area (Å²) in [6.07, 6.45) is 2.27. The summed E-state index contributed by atoms with van der Waals surface area (Å²) in [5, 5.41) is 10.5. The molecular weight excluding hydrogens is 270 g/mol. The number of thiophene rings is 1. The zero-order valence-corrected chi connectivity index (χ0v) is 11.9. The maximum Gasteiger partial charge on any atom is 0.224 e. The lowest BCUT2D eigenvalue weighted by atomic mass is 10.0. The molecule has 1 aromatic heterocycles. The normalized spacial score (nSPS) is 13.7. The largest absolute Gasteiger partial charge is 0.397 e. The number of amides is 1. The molecule has 1 aromatic carbocycles. The van der Waals surface area contributed by atoms with Crippen LogP contribution in [0.5, 0.6) is 0 Å². The highest BCUT2D eigenvalue weighted by molar-refractivity contribution is 7.07. The Balaban J connectivity index is 1.69. The minimum atomic E-state index is 0.0755. The lowest BCUT2D eigenvalue weighted by Gasteiger charge is -2.19. The van der Waals surface area contributed by atoms with Crippen LogP contribution in [-0.2, 0) is 17.6 Å². The molecule has 20 heavy (non-hydrogen) atoms. The van der Waals surface area contributed by atoms with Gasteiger partial charge in [-0.1, -0.05) is 0 Å². The number of nitrogen functional groups attached to an aromatic ring is 1. The number of anilines is 3. The van der Waals surface area contributed by atoms with Crippen molar-refractivity contribution < 1.29 is 4.79 Å². The monoisotopic (exact) mass is 287 g/mol. The minimum Gasteiger partial charge on any atom is -0.397 e.